The molecule has 0 aliphatic rings. The molecule has 0 saturated heterocycles. The number of hydrogen-bond acceptors (Lipinski definition) is 4. The summed E-state index contributed by atoms with van der Waals surface area (Å²) in [6, 6.07) is 6.93. The van der Waals surface area contributed by atoms with E-state index in [4.69, 9.17) is 10.8 Å². The monoisotopic (exact) mass is 251 g/mol. The van der Waals surface area contributed by atoms with E-state index in [0.717, 1.165) is 24.3 Å². The summed E-state index contributed by atoms with van der Waals surface area (Å²) in [7, 11) is 0. The smallest absolute Gasteiger partial charge is 0.320 e. The van der Waals surface area contributed by atoms with E-state index in [1.807, 2.05) is 36.2 Å². The van der Waals surface area contributed by atoms with E-state index in [1.54, 1.807) is 0 Å². The van der Waals surface area contributed by atoms with Gasteiger partial charge < -0.3 is 15.8 Å². The molecule has 1 rings (SSSR count). The lowest BCUT2D eigenvalue weighted by atomic mass is 10.1. The number of hydrogen-bond donors (Lipinski definition) is 3. The van der Waals surface area contributed by atoms with Gasteiger partial charge in [0.2, 0.25) is 0 Å². The number of nitrogens with two attached hydrogens (primary N) is 1. The van der Waals surface area contributed by atoms with Crippen LogP contribution < -0.4 is 16.2 Å². The number of carbonyl (C=O) groups is 1. The fraction of sp³-hybridized carbons (Fsp3) is 0.462. The lowest BCUT2D eigenvalue weighted by molar-refractivity contribution is -0.138. The van der Waals surface area contributed by atoms with Gasteiger partial charge in [-0.15, -0.1) is 0 Å². The molecule has 0 amide bonds. The molecule has 5 heteroatoms. The van der Waals surface area contributed by atoms with Gasteiger partial charge in [0.05, 0.1) is 5.69 Å². The van der Waals surface area contributed by atoms with Gasteiger partial charge in [-0.1, -0.05) is 19.1 Å². The maximum absolute atomic E-state index is 10.7. The van der Waals surface area contributed by atoms with Crippen LogP contribution in [0, 0.1) is 0 Å². The third kappa shape index (κ3) is 4.01. The van der Waals surface area contributed by atoms with Crippen molar-refractivity contribution in [2.24, 2.45) is 5.73 Å². The van der Waals surface area contributed by atoms with E-state index in [-0.39, 0.29) is 0 Å². The van der Waals surface area contributed by atoms with Gasteiger partial charge in [0.15, 0.2) is 0 Å². The van der Waals surface area contributed by atoms with Crippen LogP contribution in [0.5, 0.6) is 0 Å². The minimum absolute atomic E-state index is 0.350. The molecule has 0 bridgehead atoms. The molecule has 0 saturated carbocycles. The number of benzene rings is 1. The van der Waals surface area contributed by atoms with E-state index >= 15 is 0 Å². The quantitative estimate of drug-likeness (QED) is 0.630. The molecule has 100 valence electrons. The van der Waals surface area contributed by atoms with Crippen LogP contribution in [0.4, 0.5) is 5.69 Å². The molecular weight excluding hydrogens is 230 g/mol. The molecule has 0 heterocycles. The minimum Gasteiger partial charge on any atom is -0.480 e. The Morgan fingerprint density at radius 3 is 2.44 bits per heavy atom. The highest BCUT2D eigenvalue weighted by Crippen LogP contribution is 2.14. The second-order valence-corrected chi connectivity index (χ2v) is 4.07. The Labute approximate surface area is 108 Å². The second-order valence-electron chi connectivity index (χ2n) is 4.07. The Morgan fingerprint density at radius 1 is 1.39 bits per heavy atom. The van der Waals surface area contributed by atoms with Crippen LogP contribution in [-0.2, 0) is 11.2 Å². The molecular formula is C13H21N3O2. The molecule has 0 aromatic heterocycles. The molecule has 4 N–H and O–H groups in total. The SMILES string of the molecule is CCNN(CC)c1ccc(C[C@H](N)C(=O)O)cc1. The van der Waals surface area contributed by atoms with Gasteiger partial charge in [0.25, 0.3) is 0 Å². The summed E-state index contributed by atoms with van der Waals surface area (Å²) in [5, 5.41) is 10.8. The zero-order valence-corrected chi connectivity index (χ0v) is 10.9. The van der Waals surface area contributed by atoms with Gasteiger partial charge in [0.1, 0.15) is 6.04 Å². The highest BCUT2D eigenvalue weighted by Gasteiger charge is 2.12. The third-order valence-corrected chi connectivity index (χ3v) is 2.69. The number of nitrogens with one attached hydrogen (secondary N) is 1. The lowest BCUT2D eigenvalue weighted by Gasteiger charge is -2.23. The minimum atomic E-state index is -0.970. The zero-order chi connectivity index (χ0) is 13.5. The second kappa shape index (κ2) is 6.98. The molecule has 0 fully saturated rings. The van der Waals surface area contributed by atoms with Crippen molar-refractivity contribution in [2.75, 3.05) is 18.1 Å². The molecule has 1 aromatic rings. The fourth-order valence-corrected chi connectivity index (χ4v) is 1.73. The Balaban J connectivity index is 2.70. The van der Waals surface area contributed by atoms with Crippen molar-refractivity contribution < 1.29 is 9.90 Å². The van der Waals surface area contributed by atoms with Crippen LogP contribution in [0.2, 0.25) is 0 Å². The van der Waals surface area contributed by atoms with Crippen LogP contribution in [0.1, 0.15) is 19.4 Å². The third-order valence-electron chi connectivity index (χ3n) is 2.69. The van der Waals surface area contributed by atoms with Crippen LogP contribution in [0.15, 0.2) is 24.3 Å². The first-order valence-electron chi connectivity index (χ1n) is 6.16. The van der Waals surface area contributed by atoms with Crippen molar-refractivity contribution in [3.8, 4) is 0 Å². The van der Waals surface area contributed by atoms with Crippen molar-refractivity contribution in [3.05, 3.63) is 29.8 Å². The van der Waals surface area contributed by atoms with E-state index in [2.05, 4.69) is 12.3 Å². The number of rotatable bonds is 7. The lowest BCUT2D eigenvalue weighted by Crippen LogP contribution is -2.37. The predicted molar refractivity (Wildman–Crippen MR) is 72.5 cm³/mol. The topological polar surface area (TPSA) is 78.6 Å². The average molecular weight is 251 g/mol. The van der Waals surface area contributed by atoms with Crippen LogP contribution >= 0.6 is 0 Å². The summed E-state index contributed by atoms with van der Waals surface area (Å²) in [6.07, 6.45) is 0.350. The summed E-state index contributed by atoms with van der Waals surface area (Å²) in [6.45, 7) is 5.83. The first-order chi connectivity index (χ1) is 8.58. The molecule has 18 heavy (non-hydrogen) atoms. The highest BCUT2D eigenvalue weighted by atomic mass is 16.4. The summed E-state index contributed by atoms with van der Waals surface area (Å²) in [5.74, 6) is -0.970. The van der Waals surface area contributed by atoms with E-state index in [0.29, 0.717) is 6.42 Å². The van der Waals surface area contributed by atoms with Gasteiger partial charge in [-0.3, -0.25) is 4.79 Å². The Bertz CT molecular complexity index is 378. The molecule has 0 aliphatic carbocycles. The van der Waals surface area contributed by atoms with Crippen LogP contribution in [-0.4, -0.2) is 30.2 Å². The van der Waals surface area contributed by atoms with Gasteiger partial charge in [0, 0.05) is 13.1 Å². The number of carboxylic acids is 1. The number of anilines is 1. The Morgan fingerprint density at radius 2 is 2.00 bits per heavy atom. The van der Waals surface area contributed by atoms with Crippen LogP contribution in [0.3, 0.4) is 0 Å². The molecule has 0 spiro atoms. The van der Waals surface area contributed by atoms with Gasteiger partial charge in [-0.05, 0) is 31.0 Å². The first kappa shape index (κ1) is 14.5. The molecule has 0 unspecified atom stereocenters. The molecule has 0 aliphatic heterocycles. The molecule has 0 radical (unpaired) electrons. The number of nitrogens with zero attached hydrogens (tertiary/aromatic N) is 1. The van der Waals surface area contributed by atoms with E-state index in [9.17, 15) is 4.79 Å². The van der Waals surface area contributed by atoms with E-state index < -0.39 is 12.0 Å². The van der Waals surface area contributed by atoms with Crippen molar-refractivity contribution in [1.82, 2.24) is 5.43 Å². The highest BCUT2D eigenvalue weighted by molar-refractivity contribution is 5.73. The number of aliphatic carboxylic acids is 1. The molecule has 1 atom stereocenters. The Hall–Kier alpha value is -1.59. The van der Waals surface area contributed by atoms with Gasteiger partial charge in [-0.25, -0.2) is 5.43 Å². The molecule has 1 aromatic carbocycles. The van der Waals surface area contributed by atoms with Crippen molar-refractivity contribution >= 4 is 11.7 Å². The number of hydrazine groups is 1. The number of carboxylic acid groups (broad SMARTS) is 1. The summed E-state index contributed by atoms with van der Waals surface area (Å²) < 4.78 is 0. The van der Waals surface area contributed by atoms with Gasteiger partial charge in [-0.2, -0.15) is 0 Å². The normalized spacial score (nSPS) is 12.2. The van der Waals surface area contributed by atoms with Gasteiger partial charge >= 0.3 is 5.97 Å². The van der Waals surface area contributed by atoms with Crippen molar-refractivity contribution in [3.63, 3.8) is 0 Å². The first-order valence-corrected chi connectivity index (χ1v) is 6.16. The zero-order valence-electron chi connectivity index (χ0n) is 10.9. The van der Waals surface area contributed by atoms with Crippen LogP contribution in [0.25, 0.3) is 0 Å². The standard InChI is InChI=1S/C13H21N3O2/c1-3-15-16(4-2)11-7-5-10(6-8-11)9-12(14)13(17)18/h5-8,12,15H,3-4,9,14H2,1-2H3,(H,17,18)/t12-/m0/s1. The largest absolute Gasteiger partial charge is 0.480 e. The predicted octanol–water partition coefficient (Wildman–Crippen LogP) is 0.992. The maximum Gasteiger partial charge on any atom is 0.320 e. The van der Waals surface area contributed by atoms with E-state index in [1.165, 1.54) is 0 Å². The summed E-state index contributed by atoms with van der Waals surface area (Å²) in [5.41, 5.74) is 10.7. The van der Waals surface area contributed by atoms with Crippen molar-refractivity contribution in [1.29, 1.82) is 0 Å². The Kier molecular flexibility index (Phi) is 5.61. The fourth-order valence-electron chi connectivity index (χ4n) is 1.73. The summed E-state index contributed by atoms with van der Waals surface area (Å²) >= 11 is 0. The molecule has 5 nitrogen and oxygen atoms in total. The average Bonchev–Trinajstić information content (AvgIpc) is 2.37. The maximum atomic E-state index is 10.7. The van der Waals surface area contributed by atoms with Crippen molar-refractivity contribution in [2.45, 2.75) is 26.3 Å². The summed E-state index contributed by atoms with van der Waals surface area (Å²) in [4.78, 5) is 10.7.